The molecule has 1 aliphatic heterocycles. The van der Waals surface area contributed by atoms with Crippen molar-refractivity contribution < 1.29 is 5.11 Å². The monoisotopic (exact) mass is 285 g/mol. The van der Waals surface area contributed by atoms with Crippen LogP contribution in [0.3, 0.4) is 0 Å². The van der Waals surface area contributed by atoms with Gasteiger partial charge in [0.15, 0.2) is 0 Å². The van der Waals surface area contributed by atoms with Gasteiger partial charge >= 0.3 is 0 Å². The van der Waals surface area contributed by atoms with Gasteiger partial charge < -0.3 is 5.11 Å². The van der Waals surface area contributed by atoms with Crippen molar-refractivity contribution >= 4 is 6.08 Å². The molecule has 2 fully saturated rings. The van der Waals surface area contributed by atoms with E-state index in [1.54, 1.807) is 5.57 Å². The highest BCUT2D eigenvalue weighted by atomic mass is 16.3. The van der Waals surface area contributed by atoms with Gasteiger partial charge in [0.25, 0.3) is 0 Å². The van der Waals surface area contributed by atoms with Gasteiger partial charge in [0.1, 0.15) is 0 Å². The summed E-state index contributed by atoms with van der Waals surface area (Å²) in [5.41, 5.74) is 3.06. The zero-order chi connectivity index (χ0) is 14.9. The lowest BCUT2D eigenvalue weighted by atomic mass is 9.89. The third-order valence-corrected chi connectivity index (χ3v) is 5.02. The number of piperidine rings is 1. The van der Waals surface area contributed by atoms with E-state index < -0.39 is 5.60 Å². The van der Waals surface area contributed by atoms with Gasteiger partial charge in [-0.15, -0.1) is 0 Å². The molecule has 1 aromatic carbocycles. The van der Waals surface area contributed by atoms with Crippen LogP contribution >= 0.6 is 0 Å². The van der Waals surface area contributed by atoms with Crippen molar-refractivity contribution in [2.75, 3.05) is 13.1 Å². The summed E-state index contributed by atoms with van der Waals surface area (Å²) in [7, 11) is 0. The van der Waals surface area contributed by atoms with E-state index >= 15 is 0 Å². The molecule has 0 unspecified atom stereocenters. The standard InChI is InChI=1S/C19H27NO/c1-19(2,21)17-8-6-15(7-9-17)14-16-10-12-20(13-11-16)18-4-3-5-18/h6-9,14,18,21H,3-5,10-13H2,1-2H3. The van der Waals surface area contributed by atoms with Crippen molar-refractivity contribution in [1.82, 2.24) is 4.90 Å². The summed E-state index contributed by atoms with van der Waals surface area (Å²) in [6.45, 7) is 6.13. The second kappa shape index (κ2) is 5.94. The zero-order valence-corrected chi connectivity index (χ0v) is 13.3. The normalized spacial score (nSPS) is 21.2. The Balaban J connectivity index is 1.60. The minimum atomic E-state index is -0.750. The maximum absolute atomic E-state index is 9.99. The molecule has 21 heavy (non-hydrogen) atoms. The van der Waals surface area contributed by atoms with Gasteiger partial charge in [0.2, 0.25) is 0 Å². The molecule has 0 aromatic heterocycles. The van der Waals surface area contributed by atoms with Gasteiger partial charge in [-0.3, -0.25) is 4.90 Å². The Morgan fingerprint density at radius 2 is 1.71 bits per heavy atom. The molecule has 0 bridgehead atoms. The van der Waals surface area contributed by atoms with Gasteiger partial charge in [-0.1, -0.05) is 42.3 Å². The lowest BCUT2D eigenvalue weighted by Gasteiger charge is -2.40. The van der Waals surface area contributed by atoms with Gasteiger partial charge in [-0.25, -0.2) is 0 Å². The Morgan fingerprint density at radius 1 is 1.10 bits per heavy atom. The number of hydrogen-bond donors (Lipinski definition) is 1. The summed E-state index contributed by atoms with van der Waals surface area (Å²) in [4.78, 5) is 2.68. The van der Waals surface area contributed by atoms with Crippen molar-refractivity contribution in [2.24, 2.45) is 0 Å². The van der Waals surface area contributed by atoms with E-state index in [-0.39, 0.29) is 0 Å². The lowest BCUT2D eigenvalue weighted by molar-refractivity contribution is 0.0786. The maximum Gasteiger partial charge on any atom is 0.0840 e. The number of aliphatic hydroxyl groups is 1. The van der Waals surface area contributed by atoms with E-state index in [0.717, 1.165) is 11.6 Å². The second-order valence-electron chi connectivity index (χ2n) is 7.10. The summed E-state index contributed by atoms with van der Waals surface area (Å²) < 4.78 is 0. The minimum absolute atomic E-state index is 0.750. The zero-order valence-electron chi connectivity index (χ0n) is 13.3. The Hall–Kier alpha value is -1.12. The van der Waals surface area contributed by atoms with Crippen LogP contribution in [0.5, 0.6) is 0 Å². The molecule has 1 saturated carbocycles. The molecule has 0 spiro atoms. The summed E-state index contributed by atoms with van der Waals surface area (Å²) in [6.07, 6.45) is 9.02. The van der Waals surface area contributed by atoms with Gasteiger partial charge in [0.05, 0.1) is 5.60 Å². The van der Waals surface area contributed by atoms with Crippen LogP contribution in [0, 0.1) is 0 Å². The summed E-state index contributed by atoms with van der Waals surface area (Å²) in [6, 6.07) is 9.21. The number of rotatable bonds is 3. The summed E-state index contributed by atoms with van der Waals surface area (Å²) in [5, 5.41) is 9.99. The molecule has 1 aliphatic carbocycles. The molecule has 3 rings (SSSR count). The van der Waals surface area contributed by atoms with Gasteiger partial charge in [-0.2, -0.15) is 0 Å². The first-order valence-electron chi connectivity index (χ1n) is 8.29. The molecule has 1 N–H and O–H groups in total. The Labute approximate surface area is 128 Å². The largest absolute Gasteiger partial charge is 0.386 e. The van der Waals surface area contributed by atoms with Crippen molar-refractivity contribution in [3.8, 4) is 0 Å². The highest BCUT2D eigenvalue weighted by Gasteiger charge is 2.26. The predicted molar refractivity (Wildman–Crippen MR) is 88.1 cm³/mol. The fourth-order valence-electron chi connectivity index (χ4n) is 3.30. The molecule has 0 atom stereocenters. The maximum atomic E-state index is 9.99. The van der Waals surface area contributed by atoms with Crippen LogP contribution in [0.15, 0.2) is 29.8 Å². The van der Waals surface area contributed by atoms with Crippen molar-refractivity contribution in [1.29, 1.82) is 0 Å². The van der Waals surface area contributed by atoms with Crippen LogP contribution in [0.25, 0.3) is 6.08 Å². The van der Waals surface area contributed by atoms with E-state index in [4.69, 9.17) is 0 Å². The third kappa shape index (κ3) is 3.56. The molecule has 114 valence electrons. The van der Waals surface area contributed by atoms with Crippen LogP contribution in [0.4, 0.5) is 0 Å². The van der Waals surface area contributed by atoms with Crippen LogP contribution in [-0.4, -0.2) is 29.1 Å². The average molecular weight is 285 g/mol. The molecule has 1 aromatic rings. The predicted octanol–water partition coefficient (Wildman–Crippen LogP) is 3.95. The molecule has 0 amide bonds. The smallest absolute Gasteiger partial charge is 0.0840 e. The van der Waals surface area contributed by atoms with Crippen LogP contribution < -0.4 is 0 Å². The molecule has 2 heteroatoms. The number of likely N-dealkylation sites (tertiary alicyclic amines) is 1. The van der Waals surface area contributed by atoms with E-state index in [9.17, 15) is 5.11 Å². The Kier molecular flexibility index (Phi) is 4.19. The molecule has 1 heterocycles. The van der Waals surface area contributed by atoms with E-state index in [0.29, 0.717) is 0 Å². The van der Waals surface area contributed by atoms with Crippen molar-refractivity contribution in [2.45, 2.75) is 57.6 Å². The van der Waals surface area contributed by atoms with Gasteiger partial charge in [0, 0.05) is 19.1 Å². The SMILES string of the molecule is CC(C)(O)c1ccc(C=C2CCN(C3CCC3)CC2)cc1. The summed E-state index contributed by atoms with van der Waals surface area (Å²) >= 11 is 0. The molecule has 2 aliphatic rings. The van der Waals surface area contributed by atoms with Crippen LogP contribution in [0.1, 0.15) is 57.1 Å². The Morgan fingerprint density at radius 3 is 2.19 bits per heavy atom. The molecule has 0 radical (unpaired) electrons. The van der Waals surface area contributed by atoms with Crippen LogP contribution in [-0.2, 0) is 5.60 Å². The highest BCUT2D eigenvalue weighted by molar-refractivity contribution is 5.54. The van der Waals surface area contributed by atoms with Crippen molar-refractivity contribution in [3.05, 3.63) is 41.0 Å². The van der Waals surface area contributed by atoms with E-state index in [1.807, 2.05) is 26.0 Å². The van der Waals surface area contributed by atoms with Crippen molar-refractivity contribution in [3.63, 3.8) is 0 Å². The fraction of sp³-hybridized carbons (Fsp3) is 0.579. The Bertz CT molecular complexity index is 495. The highest BCUT2D eigenvalue weighted by Crippen LogP contribution is 2.29. The molecule has 2 nitrogen and oxygen atoms in total. The summed E-state index contributed by atoms with van der Waals surface area (Å²) in [5.74, 6) is 0. The third-order valence-electron chi connectivity index (χ3n) is 5.02. The molecular formula is C19H27NO. The fourth-order valence-corrected chi connectivity index (χ4v) is 3.30. The number of hydrogen-bond acceptors (Lipinski definition) is 2. The van der Waals surface area contributed by atoms with E-state index in [2.05, 4.69) is 23.1 Å². The first-order valence-corrected chi connectivity index (χ1v) is 8.29. The average Bonchev–Trinajstić information content (AvgIpc) is 2.39. The van der Waals surface area contributed by atoms with Gasteiger partial charge in [-0.05, 0) is 50.7 Å². The molecule has 1 saturated heterocycles. The second-order valence-corrected chi connectivity index (χ2v) is 7.10. The molecular weight excluding hydrogens is 258 g/mol. The topological polar surface area (TPSA) is 23.5 Å². The first kappa shape index (κ1) is 14.8. The number of nitrogens with zero attached hydrogens (tertiary/aromatic N) is 1. The lowest BCUT2D eigenvalue weighted by Crippen LogP contribution is -2.43. The van der Waals surface area contributed by atoms with E-state index in [1.165, 1.54) is 50.8 Å². The van der Waals surface area contributed by atoms with Crippen LogP contribution in [0.2, 0.25) is 0 Å². The quantitative estimate of drug-likeness (QED) is 0.909. The number of benzene rings is 1. The minimum Gasteiger partial charge on any atom is -0.386 e. The first-order chi connectivity index (χ1) is 10.0.